The maximum atomic E-state index is 6.28. The summed E-state index contributed by atoms with van der Waals surface area (Å²) in [5, 5.41) is 0.656. The Kier molecular flexibility index (Phi) is 5.13. The molecule has 2 N–H and O–H groups in total. The molecule has 0 aromatic heterocycles. The van der Waals surface area contributed by atoms with Crippen LogP contribution in [-0.2, 0) is 5.75 Å². The zero-order chi connectivity index (χ0) is 13.0. The first-order valence-corrected chi connectivity index (χ1v) is 8.17. The molecule has 3 unspecified atom stereocenters. The summed E-state index contributed by atoms with van der Waals surface area (Å²) in [6.07, 6.45) is 5.17. The van der Waals surface area contributed by atoms with Gasteiger partial charge in [0.1, 0.15) is 0 Å². The predicted octanol–water partition coefficient (Wildman–Crippen LogP) is 4.13. The molecule has 1 aliphatic carbocycles. The third-order valence-corrected chi connectivity index (χ3v) is 5.69. The van der Waals surface area contributed by atoms with Crippen molar-refractivity contribution < 1.29 is 0 Å². The van der Waals surface area contributed by atoms with Gasteiger partial charge in [-0.3, -0.25) is 0 Å². The maximum absolute atomic E-state index is 6.28. The highest BCUT2D eigenvalue weighted by Gasteiger charge is 2.27. The van der Waals surface area contributed by atoms with E-state index < -0.39 is 0 Å². The van der Waals surface area contributed by atoms with Crippen LogP contribution in [-0.4, -0.2) is 11.3 Å². The van der Waals surface area contributed by atoms with Gasteiger partial charge in [0.2, 0.25) is 0 Å². The van der Waals surface area contributed by atoms with Gasteiger partial charge in [-0.15, -0.1) is 0 Å². The van der Waals surface area contributed by atoms with Crippen LogP contribution in [0.3, 0.4) is 0 Å². The summed E-state index contributed by atoms with van der Waals surface area (Å²) in [5.74, 6) is 2.01. The van der Waals surface area contributed by atoms with Crippen LogP contribution >= 0.6 is 11.8 Å². The minimum absolute atomic E-state index is 0.404. The van der Waals surface area contributed by atoms with Crippen molar-refractivity contribution in [1.82, 2.24) is 0 Å². The van der Waals surface area contributed by atoms with Crippen LogP contribution in [0.1, 0.15) is 43.7 Å². The van der Waals surface area contributed by atoms with Crippen molar-refractivity contribution in [2.24, 2.45) is 11.7 Å². The number of rotatable bonds is 4. The van der Waals surface area contributed by atoms with Gasteiger partial charge in [0.05, 0.1) is 0 Å². The monoisotopic (exact) mass is 263 g/mol. The van der Waals surface area contributed by atoms with Crippen LogP contribution in [0.2, 0.25) is 0 Å². The molecule has 1 aromatic carbocycles. The molecule has 1 aromatic rings. The van der Waals surface area contributed by atoms with Gasteiger partial charge in [-0.25, -0.2) is 0 Å². The molecule has 1 nitrogen and oxygen atoms in total. The lowest BCUT2D eigenvalue weighted by Crippen LogP contribution is -2.38. The van der Waals surface area contributed by atoms with Crippen LogP contribution in [0, 0.1) is 12.8 Å². The average Bonchev–Trinajstić information content (AvgIpc) is 2.39. The van der Waals surface area contributed by atoms with Crippen LogP contribution in [0.15, 0.2) is 24.3 Å². The Morgan fingerprint density at radius 3 is 2.78 bits per heavy atom. The van der Waals surface area contributed by atoms with Gasteiger partial charge in [-0.1, -0.05) is 37.6 Å². The number of aryl methyl sites for hydroxylation is 1. The van der Waals surface area contributed by atoms with Crippen molar-refractivity contribution in [3.05, 3.63) is 35.4 Å². The van der Waals surface area contributed by atoms with Gasteiger partial charge in [0.25, 0.3) is 0 Å². The van der Waals surface area contributed by atoms with E-state index in [1.807, 2.05) is 0 Å². The molecule has 1 aliphatic rings. The normalized spacial score (nSPS) is 28.3. The standard InChI is InChI=1S/C16H25NS/c1-3-13-8-9-15(17)16(10-13)18-11-14-7-5-4-6-12(14)2/h4-7,13,15-16H,3,8-11,17H2,1-2H3. The summed E-state index contributed by atoms with van der Waals surface area (Å²) in [7, 11) is 0. The molecule has 1 fully saturated rings. The summed E-state index contributed by atoms with van der Waals surface area (Å²) in [5.41, 5.74) is 9.15. The second-order valence-electron chi connectivity index (χ2n) is 5.53. The molecule has 1 saturated carbocycles. The Balaban J connectivity index is 1.90. The largest absolute Gasteiger partial charge is 0.327 e. The molecular formula is C16H25NS. The number of thioether (sulfide) groups is 1. The van der Waals surface area contributed by atoms with E-state index >= 15 is 0 Å². The molecule has 2 heteroatoms. The number of hydrogen-bond donors (Lipinski definition) is 1. The Morgan fingerprint density at radius 1 is 1.28 bits per heavy atom. The van der Waals surface area contributed by atoms with E-state index in [1.165, 1.54) is 36.8 Å². The fraction of sp³-hybridized carbons (Fsp3) is 0.625. The lowest BCUT2D eigenvalue weighted by atomic mass is 9.84. The molecule has 18 heavy (non-hydrogen) atoms. The van der Waals surface area contributed by atoms with Crippen molar-refractivity contribution in [2.75, 3.05) is 0 Å². The summed E-state index contributed by atoms with van der Waals surface area (Å²) in [6.45, 7) is 4.51. The highest BCUT2D eigenvalue weighted by molar-refractivity contribution is 7.99. The molecule has 3 atom stereocenters. The topological polar surface area (TPSA) is 26.0 Å². The fourth-order valence-electron chi connectivity index (χ4n) is 2.77. The maximum Gasteiger partial charge on any atom is 0.0204 e. The van der Waals surface area contributed by atoms with Crippen molar-refractivity contribution in [1.29, 1.82) is 0 Å². The minimum atomic E-state index is 0.404. The van der Waals surface area contributed by atoms with E-state index in [2.05, 4.69) is 49.9 Å². The van der Waals surface area contributed by atoms with Gasteiger partial charge in [0.15, 0.2) is 0 Å². The molecule has 100 valence electrons. The number of benzene rings is 1. The van der Waals surface area contributed by atoms with E-state index in [-0.39, 0.29) is 0 Å². The minimum Gasteiger partial charge on any atom is -0.327 e. The SMILES string of the molecule is CCC1CCC(N)C(SCc2ccccc2C)C1. The predicted molar refractivity (Wildman–Crippen MR) is 81.9 cm³/mol. The van der Waals surface area contributed by atoms with E-state index in [4.69, 9.17) is 5.73 Å². The molecule has 0 spiro atoms. The van der Waals surface area contributed by atoms with Gasteiger partial charge >= 0.3 is 0 Å². The third kappa shape index (κ3) is 3.52. The van der Waals surface area contributed by atoms with Crippen LogP contribution in [0.25, 0.3) is 0 Å². The molecule has 2 rings (SSSR count). The van der Waals surface area contributed by atoms with Gasteiger partial charge in [0, 0.05) is 17.0 Å². The summed E-state index contributed by atoms with van der Waals surface area (Å²) in [4.78, 5) is 0. The summed E-state index contributed by atoms with van der Waals surface area (Å²) < 4.78 is 0. The van der Waals surface area contributed by atoms with E-state index in [1.54, 1.807) is 0 Å². The van der Waals surface area contributed by atoms with E-state index in [9.17, 15) is 0 Å². The lowest BCUT2D eigenvalue weighted by molar-refractivity contribution is 0.327. The van der Waals surface area contributed by atoms with Crippen molar-refractivity contribution in [3.63, 3.8) is 0 Å². The molecule has 0 amide bonds. The zero-order valence-electron chi connectivity index (χ0n) is 11.6. The average molecular weight is 263 g/mol. The zero-order valence-corrected chi connectivity index (χ0v) is 12.4. The number of nitrogens with two attached hydrogens (primary N) is 1. The first-order chi connectivity index (χ1) is 8.70. The van der Waals surface area contributed by atoms with Gasteiger partial charge in [-0.05, 0) is 43.2 Å². The fourth-order valence-corrected chi connectivity index (χ4v) is 4.28. The van der Waals surface area contributed by atoms with Crippen LogP contribution in [0.5, 0.6) is 0 Å². The molecule has 0 radical (unpaired) electrons. The van der Waals surface area contributed by atoms with E-state index in [0.717, 1.165) is 11.7 Å². The van der Waals surface area contributed by atoms with Gasteiger partial charge in [-0.2, -0.15) is 11.8 Å². The Labute approximate surface area is 116 Å². The van der Waals surface area contributed by atoms with Crippen molar-refractivity contribution >= 4 is 11.8 Å². The highest BCUT2D eigenvalue weighted by Crippen LogP contribution is 2.34. The quantitative estimate of drug-likeness (QED) is 0.883. The second kappa shape index (κ2) is 6.63. The highest BCUT2D eigenvalue weighted by atomic mass is 32.2. The molecule has 0 aliphatic heterocycles. The molecule has 0 saturated heterocycles. The summed E-state index contributed by atoms with van der Waals surface area (Å²) >= 11 is 2.07. The Morgan fingerprint density at radius 2 is 2.06 bits per heavy atom. The van der Waals surface area contributed by atoms with Crippen molar-refractivity contribution in [3.8, 4) is 0 Å². The van der Waals surface area contributed by atoms with Crippen molar-refractivity contribution in [2.45, 2.75) is 56.6 Å². The first-order valence-electron chi connectivity index (χ1n) is 7.12. The number of hydrogen-bond acceptors (Lipinski definition) is 2. The molecule has 0 bridgehead atoms. The third-order valence-electron chi connectivity index (χ3n) is 4.24. The van der Waals surface area contributed by atoms with E-state index in [0.29, 0.717) is 11.3 Å². The molecule has 0 heterocycles. The first kappa shape index (κ1) is 14.0. The lowest BCUT2D eigenvalue weighted by Gasteiger charge is -2.33. The Bertz CT molecular complexity index is 377. The van der Waals surface area contributed by atoms with Crippen LogP contribution < -0.4 is 5.73 Å². The smallest absolute Gasteiger partial charge is 0.0204 e. The Hall–Kier alpha value is -0.470. The van der Waals surface area contributed by atoms with Crippen LogP contribution in [0.4, 0.5) is 0 Å². The second-order valence-corrected chi connectivity index (χ2v) is 6.75. The molecular weight excluding hydrogens is 238 g/mol. The summed E-state index contributed by atoms with van der Waals surface area (Å²) in [6, 6.07) is 9.10. The van der Waals surface area contributed by atoms with Gasteiger partial charge < -0.3 is 5.73 Å².